The lowest BCUT2D eigenvalue weighted by atomic mass is 10.1. The van der Waals surface area contributed by atoms with E-state index < -0.39 is 16.8 Å². The maximum absolute atomic E-state index is 12.7. The summed E-state index contributed by atoms with van der Waals surface area (Å²) in [6.07, 6.45) is 0.539. The molecule has 0 radical (unpaired) electrons. The quantitative estimate of drug-likeness (QED) is 0.376. The van der Waals surface area contributed by atoms with Crippen molar-refractivity contribution in [3.63, 3.8) is 0 Å². The number of carbonyl (C=O) groups is 1. The molecule has 8 heteroatoms. The molecule has 2 aromatic carbocycles. The van der Waals surface area contributed by atoms with Crippen LogP contribution in [-0.2, 0) is 6.42 Å². The zero-order valence-corrected chi connectivity index (χ0v) is 16.1. The van der Waals surface area contributed by atoms with Crippen molar-refractivity contribution in [1.82, 2.24) is 10.3 Å². The molecule has 1 heterocycles. The third kappa shape index (κ3) is 3.62. The Labute approximate surface area is 169 Å². The highest BCUT2D eigenvalue weighted by atomic mass is 16.3. The summed E-state index contributed by atoms with van der Waals surface area (Å²) in [6, 6.07) is 13.0. The van der Waals surface area contributed by atoms with Crippen molar-refractivity contribution in [2.24, 2.45) is 0 Å². The van der Waals surface area contributed by atoms with Gasteiger partial charge in [-0.3, -0.25) is 14.4 Å². The average Bonchev–Trinajstić information content (AvgIpc) is 2.76. The summed E-state index contributed by atoms with van der Waals surface area (Å²) in [5, 5.41) is 15.2. The number of fused-ring (bicyclic) bond motifs is 1. The molecular formula is C22H19N3O5. The van der Waals surface area contributed by atoms with Gasteiger partial charge in [-0.15, -0.1) is 0 Å². The predicted molar refractivity (Wildman–Crippen MR) is 112 cm³/mol. The van der Waals surface area contributed by atoms with E-state index >= 15 is 0 Å². The molecule has 0 aromatic heterocycles. The van der Waals surface area contributed by atoms with Crippen LogP contribution in [0.5, 0.6) is 5.75 Å². The Morgan fingerprint density at radius 2 is 1.87 bits per heavy atom. The molecule has 4 rings (SSSR count). The van der Waals surface area contributed by atoms with Crippen LogP contribution in [-0.4, -0.2) is 29.6 Å². The summed E-state index contributed by atoms with van der Waals surface area (Å²) in [4.78, 5) is 40.3. The van der Waals surface area contributed by atoms with Crippen molar-refractivity contribution >= 4 is 22.7 Å². The van der Waals surface area contributed by atoms with Crippen LogP contribution in [0.4, 0.5) is 5.69 Å². The highest BCUT2D eigenvalue weighted by Crippen LogP contribution is 2.18. The smallest absolute Gasteiger partial charge is 0.270 e. The minimum Gasteiger partial charge on any atom is -0.508 e. The Morgan fingerprint density at radius 3 is 2.60 bits per heavy atom. The van der Waals surface area contributed by atoms with Gasteiger partial charge in [-0.1, -0.05) is 12.1 Å². The third-order valence-electron chi connectivity index (χ3n) is 4.82. The van der Waals surface area contributed by atoms with Gasteiger partial charge in [-0.25, -0.2) is 0 Å². The van der Waals surface area contributed by atoms with Crippen LogP contribution >= 0.6 is 0 Å². The molecule has 0 saturated heterocycles. The molecule has 0 bridgehead atoms. The van der Waals surface area contributed by atoms with Gasteiger partial charge in [0.2, 0.25) is 10.8 Å². The molecule has 1 aliphatic carbocycles. The van der Waals surface area contributed by atoms with E-state index in [-0.39, 0.29) is 22.1 Å². The van der Waals surface area contributed by atoms with E-state index in [9.17, 15) is 19.5 Å². The molecule has 0 unspecified atom stereocenters. The van der Waals surface area contributed by atoms with Crippen LogP contribution < -0.4 is 21.5 Å². The van der Waals surface area contributed by atoms with Crippen LogP contribution in [0.15, 0.2) is 62.5 Å². The Kier molecular flexibility index (Phi) is 4.97. The molecule has 2 aromatic rings. The number of phenols is 1. The number of carbonyl (C=O) groups excluding carboxylic acids is 1. The number of phenolic OH excluding ortho intramolecular Hbond substituents is 1. The first kappa shape index (κ1) is 19.3. The SMILES string of the molecule is CNc1ccc2[nH]c3c(C(=O)NCCc4ccc(O)cc4)cc(=O)c(=O)c=3oc2c1. The van der Waals surface area contributed by atoms with Crippen molar-refractivity contribution in [3.05, 3.63) is 90.9 Å². The molecule has 0 saturated carbocycles. The number of H-pyrrole nitrogens is 1. The number of nitrogens with one attached hydrogen (secondary N) is 3. The first-order valence-electron chi connectivity index (χ1n) is 9.34. The minimum atomic E-state index is -0.813. The number of anilines is 1. The Hall–Kier alpha value is -4.07. The second-order valence-electron chi connectivity index (χ2n) is 6.82. The third-order valence-corrected chi connectivity index (χ3v) is 4.82. The summed E-state index contributed by atoms with van der Waals surface area (Å²) in [5.74, 6) is -0.322. The summed E-state index contributed by atoms with van der Waals surface area (Å²) in [6.45, 7) is 0.314. The molecule has 1 amide bonds. The molecule has 2 aliphatic rings. The summed E-state index contributed by atoms with van der Waals surface area (Å²) in [5.41, 5.74) is 0.914. The highest BCUT2D eigenvalue weighted by molar-refractivity contribution is 5.94. The zero-order valence-electron chi connectivity index (χ0n) is 16.1. The van der Waals surface area contributed by atoms with Crippen molar-refractivity contribution in [3.8, 4) is 5.75 Å². The molecule has 4 N–H and O–H groups in total. The van der Waals surface area contributed by atoms with Crippen LogP contribution in [0.2, 0.25) is 0 Å². The zero-order chi connectivity index (χ0) is 21.3. The van der Waals surface area contributed by atoms with Crippen molar-refractivity contribution in [2.75, 3.05) is 18.9 Å². The molecule has 8 nitrogen and oxygen atoms in total. The first-order chi connectivity index (χ1) is 14.5. The highest BCUT2D eigenvalue weighted by Gasteiger charge is 2.15. The van der Waals surface area contributed by atoms with Gasteiger partial charge < -0.3 is 25.1 Å². The fraction of sp³-hybridized carbons (Fsp3) is 0.136. The minimum absolute atomic E-state index is 0.0450. The first-order valence-corrected chi connectivity index (χ1v) is 9.34. The van der Waals surface area contributed by atoms with Gasteiger partial charge >= 0.3 is 0 Å². The van der Waals surface area contributed by atoms with Gasteiger partial charge in [0.25, 0.3) is 11.3 Å². The second-order valence-corrected chi connectivity index (χ2v) is 6.82. The predicted octanol–water partition coefficient (Wildman–Crippen LogP) is 1.93. The van der Waals surface area contributed by atoms with Crippen molar-refractivity contribution < 1.29 is 14.3 Å². The topological polar surface area (TPSA) is 124 Å². The second kappa shape index (κ2) is 7.75. The number of amides is 1. The van der Waals surface area contributed by atoms with Crippen LogP contribution in [0.3, 0.4) is 0 Å². The number of rotatable bonds is 5. The number of aromatic hydroxyl groups is 1. The summed E-state index contributed by atoms with van der Waals surface area (Å²) < 4.78 is 5.69. The van der Waals surface area contributed by atoms with Gasteiger partial charge in [-0.2, -0.15) is 0 Å². The van der Waals surface area contributed by atoms with Gasteiger partial charge in [0, 0.05) is 31.4 Å². The monoisotopic (exact) mass is 405 g/mol. The normalized spacial score (nSPS) is 11.0. The molecule has 0 spiro atoms. The molecule has 0 atom stereocenters. The molecule has 152 valence electrons. The van der Waals surface area contributed by atoms with E-state index in [4.69, 9.17) is 4.42 Å². The van der Waals surface area contributed by atoms with Crippen LogP contribution in [0.25, 0.3) is 11.1 Å². The fourth-order valence-corrected chi connectivity index (χ4v) is 3.21. The van der Waals surface area contributed by atoms with E-state index in [1.165, 1.54) is 0 Å². The lowest BCUT2D eigenvalue weighted by Gasteiger charge is -2.08. The van der Waals surface area contributed by atoms with E-state index in [0.717, 1.165) is 17.3 Å². The standard InChI is InChI=1S/C22H19N3O5/c1-23-13-4-7-16-18(10-13)30-21-19(25-16)15(11-17(27)20(21)28)22(29)24-9-8-12-2-5-14(26)6-3-12/h2-7,10-11,23,25-26H,8-9H2,1H3,(H,24,29). The Balaban J connectivity index is 1.71. The average molecular weight is 405 g/mol. The number of aromatic amines is 1. The van der Waals surface area contributed by atoms with Gasteiger partial charge in [0.15, 0.2) is 5.58 Å². The Bertz CT molecular complexity index is 1420. The lowest BCUT2D eigenvalue weighted by Crippen LogP contribution is -2.31. The van der Waals surface area contributed by atoms with Crippen molar-refractivity contribution in [2.45, 2.75) is 6.42 Å². The molecule has 30 heavy (non-hydrogen) atoms. The fourth-order valence-electron chi connectivity index (χ4n) is 3.21. The largest absolute Gasteiger partial charge is 0.508 e. The van der Waals surface area contributed by atoms with Gasteiger partial charge in [0.1, 0.15) is 5.75 Å². The van der Waals surface area contributed by atoms with Crippen LogP contribution in [0.1, 0.15) is 15.9 Å². The number of hydrogen-bond donors (Lipinski definition) is 4. The summed E-state index contributed by atoms with van der Waals surface area (Å²) in [7, 11) is 1.75. The molecule has 1 aliphatic heterocycles. The number of aromatic nitrogens is 1. The van der Waals surface area contributed by atoms with E-state index in [1.807, 2.05) is 6.07 Å². The van der Waals surface area contributed by atoms with Crippen molar-refractivity contribution in [1.29, 1.82) is 0 Å². The number of benzene rings is 2. The molecular weight excluding hydrogens is 386 g/mol. The van der Waals surface area contributed by atoms with Gasteiger partial charge in [-0.05, 0) is 36.2 Å². The Morgan fingerprint density at radius 1 is 1.10 bits per heavy atom. The van der Waals surface area contributed by atoms with Crippen LogP contribution in [0, 0.1) is 10.8 Å². The van der Waals surface area contributed by atoms with E-state index in [1.54, 1.807) is 43.4 Å². The number of hydrogen-bond acceptors (Lipinski definition) is 6. The maximum atomic E-state index is 12.7. The van der Waals surface area contributed by atoms with E-state index in [2.05, 4.69) is 15.6 Å². The van der Waals surface area contributed by atoms with E-state index in [0.29, 0.717) is 24.1 Å². The lowest BCUT2D eigenvalue weighted by molar-refractivity contribution is 0.0952. The van der Waals surface area contributed by atoms with Gasteiger partial charge in [0.05, 0.1) is 16.4 Å². The maximum Gasteiger partial charge on any atom is 0.270 e. The molecule has 0 fully saturated rings. The summed E-state index contributed by atoms with van der Waals surface area (Å²) >= 11 is 0.